The van der Waals surface area contributed by atoms with Crippen molar-refractivity contribution in [1.29, 1.82) is 0 Å². The number of ether oxygens (including phenoxy) is 1. The van der Waals surface area contributed by atoms with E-state index in [1.807, 2.05) is 12.3 Å². The summed E-state index contributed by atoms with van der Waals surface area (Å²) in [4.78, 5) is 29.3. The Bertz CT molecular complexity index is 755. The number of carbonyl (C=O) groups is 2. The molecule has 1 saturated carbocycles. The molecule has 0 unspecified atom stereocenters. The minimum atomic E-state index is -0.999. The van der Waals surface area contributed by atoms with Gasteiger partial charge in [-0.2, -0.15) is 0 Å². The van der Waals surface area contributed by atoms with Gasteiger partial charge in [-0.05, 0) is 38.0 Å². The lowest BCUT2D eigenvalue weighted by molar-refractivity contribution is -0.137. The van der Waals surface area contributed by atoms with E-state index >= 15 is 0 Å². The van der Waals surface area contributed by atoms with Crippen LogP contribution in [-0.2, 0) is 11.4 Å². The molecule has 1 aliphatic rings. The third-order valence-corrected chi connectivity index (χ3v) is 4.51. The zero-order valence-corrected chi connectivity index (χ0v) is 14.1. The highest BCUT2D eigenvalue weighted by molar-refractivity contribution is 7.09. The van der Waals surface area contributed by atoms with E-state index in [0.29, 0.717) is 17.9 Å². The van der Waals surface area contributed by atoms with Crippen LogP contribution in [0.4, 0.5) is 0 Å². The maximum Gasteiger partial charge on any atom is 0.323 e. The largest absolute Gasteiger partial charge is 0.487 e. The number of aromatic nitrogens is 1. The molecule has 1 fully saturated rings. The average Bonchev–Trinajstić information content (AvgIpc) is 3.32. The van der Waals surface area contributed by atoms with Crippen LogP contribution in [0, 0.1) is 6.92 Å². The minimum Gasteiger partial charge on any atom is -0.487 e. The second kappa shape index (κ2) is 7.00. The number of hydrogen-bond donors (Lipinski definition) is 1. The van der Waals surface area contributed by atoms with E-state index in [9.17, 15) is 9.59 Å². The van der Waals surface area contributed by atoms with Gasteiger partial charge in [0.05, 0.1) is 10.7 Å². The zero-order valence-electron chi connectivity index (χ0n) is 13.3. The molecule has 7 heteroatoms. The van der Waals surface area contributed by atoms with Crippen LogP contribution in [0.3, 0.4) is 0 Å². The SMILES string of the molecule is Cc1nc(COc2cccc(C(=O)N(CC(=O)O)C3CC3)c2)cs1. The fraction of sp³-hybridized carbons (Fsp3) is 0.353. The lowest BCUT2D eigenvalue weighted by Gasteiger charge is -2.20. The number of aliphatic carboxylic acids is 1. The van der Waals surface area contributed by atoms with Crippen molar-refractivity contribution in [2.75, 3.05) is 6.54 Å². The van der Waals surface area contributed by atoms with E-state index in [2.05, 4.69) is 4.98 Å². The molecule has 1 aromatic heterocycles. The molecular formula is C17H18N2O4S. The van der Waals surface area contributed by atoms with Crippen LogP contribution in [-0.4, -0.2) is 39.5 Å². The Hall–Kier alpha value is -2.41. The monoisotopic (exact) mass is 346 g/mol. The predicted octanol–water partition coefficient (Wildman–Crippen LogP) is 2.72. The number of nitrogens with zero attached hydrogens (tertiary/aromatic N) is 2. The third kappa shape index (κ3) is 4.11. The number of amides is 1. The van der Waals surface area contributed by atoms with Crippen molar-refractivity contribution in [3.8, 4) is 5.75 Å². The fourth-order valence-corrected chi connectivity index (χ4v) is 3.01. The Labute approximate surface area is 143 Å². The molecule has 1 N–H and O–H groups in total. The van der Waals surface area contributed by atoms with Crippen LogP contribution >= 0.6 is 11.3 Å². The number of carboxylic acid groups (broad SMARTS) is 1. The van der Waals surface area contributed by atoms with Gasteiger partial charge in [-0.3, -0.25) is 9.59 Å². The van der Waals surface area contributed by atoms with Crippen LogP contribution in [0.2, 0.25) is 0 Å². The van der Waals surface area contributed by atoms with Gasteiger partial charge in [0.2, 0.25) is 0 Å². The van der Waals surface area contributed by atoms with Crippen LogP contribution < -0.4 is 4.74 Å². The zero-order chi connectivity index (χ0) is 17.1. The van der Waals surface area contributed by atoms with E-state index < -0.39 is 5.97 Å². The standard InChI is InChI=1S/C17H18N2O4S/c1-11-18-13(10-24-11)9-23-15-4-2-3-12(7-15)17(22)19(8-16(20)21)14-5-6-14/h2-4,7,10,14H,5-6,8-9H2,1H3,(H,20,21). The number of carboxylic acids is 1. The second-order valence-electron chi connectivity index (χ2n) is 5.73. The van der Waals surface area contributed by atoms with Gasteiger partial charge in [0.15, 0.2) is 0 Å². The van der Waals surface area contributed by atoms with Crippen LogP contribution in [0.15, 0.2) is 29.6 Å². The summed E-state index contributed by atoms with van der Waals surface area (Å²) >= 11 is 1.56. The summed E-state index contributed by atoms with van der Waals surface area (Å²) in [6.45, 7) is 2.00. The smallest absolute Gasteiger partial charge is 0.323 e. The molecule has 0 saturated heterocycles. The molecular weight excluding hydrogens is 328 g/mol. The van der Waals surface area contributed by atoms with Crippen molar-refractivity contribution < 1.29 is 19.4 Å². The number of aryl methyl sites for hydroxylation is 1. The molecule has 2 aromatic rings. The number of rotatable bonds is 7. The molecule has 0 aliphatic heterocycles. The Morgan fingerprint density at radius 1 is 1.42 bits per heavy atom. The quantitative estimate of drug-likeness (QED) is 0.834. The van der Waals surface area contributed by atoms with Crippen LogP contribution in [0.1, 0.15) is 33.9 Å². The molecule has 1 amide bonds. The topological polar surface area (TPSA) is 79.7 Å². The Balaban J connectivity index is 1.69. The van der Waals surface area contributed by atoms with Crippen molar-refractivity contribution in [3.05, 3.63) is 45.9 Å². The van der Waals surface area contributed by atoms with E-state index in [4.69, 9.17) is 9.84 Å². The molecule has 24 heavy (non-hydrogen) atoms. The first-order valence-electron chi connectivity index (χ1n) is 7.69. The molecule has 0 bridgehead atoms. The average molecular weight is 346 g/mol. The normalized spacial score (nSPS) is 13.5. The van der Waals surface area contributed by atoms with Gasteiger partial charge in [0.25, 0.3) is 5.91 Å². The third-order valence-electron chi connectivity index (χ3n) is 3.69. The molecule has 1 heterocycles. The van der Waals surface area contributed by atoms with E-state index in [1.165, 1.54) is 4.90 Å². The molecule has 0 atom stereocenters. The maximum absolute atomic E-state index is 12.6. The molecule has 0 radical (unpaired) electrons. The molecule has 1 aromatic carbocycles. The van der Waals surface area contributed by atoms with E-state index in [-0.39, 0.29) is 18.5 Å². The number of benzene rings is 1. The fourth-order valence-electron chi connectivity index (χ4n) is 2.42. The summed E-state index contributed by atoms with van der Waals surface area (Å²) in [5.74, 6) is -0.700. The van der Waals surface area contributed by atoms with Crippen molar-refractivity contribution >= 4 is 23.2 Å². The highest BCUT2D eigenvalue weighted by Gasteiger charge is 2.34. The Kier molecular flexibility index (Phi) is 4.80. The van der Waals surface area contributed by atoms with E-state index in [0.717, 1.165) is 23.5 Å². The summed E-state index contributed by atoms with van der Waals surface area (Å²) in [6.07, 6.45) is 1.72. The maximum atomic E-state index is 12.6. The first-order chi connectivity index (χ1) is 11.5. The molecule has 0 spiro atoms. The summed E-state index contributed by atoms with van der Waals surface area (Å²) in [5, 5.41) is 11.9. The number of carbonyl (C=O) groups excluding carboxylic acids is 1. The summed E-state index contributed by atoms with van der Waals surface area (Å²) in [6, 6.07) is 6.88. The summed E-state index contributed by atoms with van der Waals surface area (Å²) in [5.41, 5.74) is 1.29. The van der Waals surface area contributed by atoms with Crippen LogP contribution in [0.25, 0.3) is 0 Å². The van der Waals surface area contributed by atoms with Crippen molar-refractivity contribution in [1.82, 2.24) is 9.88 Å². The van der Waals surface area contributed by atoms with Gasteiger partial charge < -0.3 is 14.7 Å². The Morgan fingerprint density at radius 3 is 2.83 bits per heavy atom. The number of hydrogen-bond acceptors (Lipinski definition) is 5. The van der Waals surface area contributed by atoms with Gasteiger partial charge in [-0.15, -0.1) is 11.3 Å². The lowest BCUT2D eigenvalue weighted by atomic mass is 10.2. The first-order valence-corrected chi connectivity index (χ1v) is 8.57. The molecule has 3 rings (SSSR count). The van der Waals surface area contributed by atoms with Crippen molar-refractivity contribution in [2.24, 2.45) is 0 Å². The van der Waals surface area contributed by atoms with Crippen molar-refractivity contribution in [2.45, 2.75) is 32.4 Å². The van der Waals surface area contributed by atoms with Crippen LogP contribution in [0.5, 0.6) is 5.75 Å². The molecule has 6 nitrogen and oxygen atoms in total. The highest BCUT2D eigenvalue weighted by Crippen LogP contribution is 2.28. The summed E-state index contributed by atoms with van der Waals surface area (Å²) in [7, 11) is 0. The molecule has 1 aliphatic carbocycles. The Morgan fingerprint density at radius 2 is 2.21 bits per heavy atom. The van der Waals surface area contributed by atoms with Gasteiger partial charge in [-0.1, -0.05) is 6.07 Å². The first kappa shape index (κ1) is 16.4. The van der Waals surface area contributed by atoms with Gasteiger partial charge in [-0.25, -0.2) is 4.98 Å². The van der Waals surface area contributed by atoms with Gasteiger partial charge in [0, 0.05) is 17.0 Å². The molecule has 126 valence electrons. The summed E-state index contributed by atoms with van der Waals surface area (Å²) < 4.78 is 5.69. The minimum absolute atomic E-state index is 0.0381. The second-order valence-corrected chi connectivity index (χ2v) is 6.79. The number of thiazole rings is 1. The van der Waals surface area contributed by atoms with Crippen molar-refractivity contribution in [3.63, 3.8) is 0 Å². The predicted molar refractivity (Wildman–Crippen MR) is 89.3 cm³/mol. The van der Waals surface area contributed by atoms with E-state index in [1.54, 1.807) is 35.6 Å². The lowest BCUT2D eigenvalue weighted by Crippen LogP contribution is -2.37. The van der Waals surface area contributed by atoms with Gasteiger partial charge in [0.1, 0.15) is 18.9 Å². The van der Waals surface area contributed by atoms with Gasteiger partial charge >= 0.3 is 5.97 Å². The highest BCUT2D eigenvalue weighted by atomic mass is 32.1.